The fraction of sp³-hybridized carbons (Fsp3) is 0.182. The molecule has 1 nitrogen and oxygen atoms in total. The Morgan fingerprint density at radius 2 is 1.88 bits per heavy atom. The van der Waals surface area contributed by atoms with E-state index in [1.165, 1.54) is 6.08 Å². The molecule has 0 amide bonds. The van der Waals surface area contributed by atoms with Gasteiger partial charge in [0.1, 0.15) is 0 Å². The molecule has 0 atom stereocenters. The van der Waals surface area contributed by atoms with Gasteiger partial charge in [-0.2, -0.15) is 13.2 Å². The van der Waals surface area contributed by atoms with Crippen LogP contribution in [0.2, 0.25) is 0 Å². The number of hydrogen-bond donors (Lipinski definition) is 0. The second-order valence-corrected chi connectivity index (χ2v) is 4.46. The van der Waals surface area contributed by atoms with Crippen molar-refractivity contribution in [3.05, 3.63) is 40.3 Å². The minimum Gasteiger partial charge on any atom is -0.293 e. The third-order valence-electron chi connectivity index (χ3n) is 2.19. The summed E-state index contributed by atoms with van der Waals surface area (Å²) in [6.07, 6.45) is 1.35. The van der Waals surface area contributed by atoms with Gasteiger partial charge in [-0.1, -0.05) is 24.3 Å². The van der Waals surface area contributed by atoms with Crippen LogP contribution in [-0.4, -0.2) is 11.3 Å². The van der Waals surface area contributed by atoms with Crippen molar-refractivity contribution in [2.45, 2.75) is 11.9 Å². The number of Topliss-reactive ketones (excluding diaryl/α,β-unsaturated/α-hetero) is 1. The van der Waals surface area contributed by atoms with Gasteiger partial charge in [0.25, 0.3) is 0 Å². The highest BCUT2D eigenvalue weighted by Gasteiger charge is 2.34. The van der Waals surface area contributed by atoms with Crippen LogP contribution in [0.4, 0.5) is 13.2 Å². The molecular weight excluding hydrogens is 237 g/mol. The zero-order chi connectivity index (χ0) is 11.8. The van der Waals surface area contributed by atoms with Crippen molar-refractivity contribution in [2.75, 3.05) is 0 Å². The molecule has 0 saturated heterocycles. The summed E-state index contributed by atoms with van der Waals surface area (Å²) in [4.78, 5) is 11.2. The molecule has 0 unspecified atom stereocenters. The summed E-state index contributed by atoms with van der Waals surface area (Å²) in [5.74, 6) is -0.471. The van der Waals surface area contributed by atoms with Crippen molar-refractivity contribution in [3.63, 3.8) is 0 Å². The summed E-state index contributed by atoms with van der Waals surface area (Å²) in [6.45, 7) is 0. The second-order valence-electron chi connectivity index (χ2n) is 3.36. The largest absolute Gasteiger partial charge is 0.446 e. The predicted molar refractivity (Wildman–Crippen MR) is 56.8 cm³/mol. The van der Waals surface area contributed by atoms with E-state index in [1.807, 2.05) is 0 Å². The average molecular weight is 244 g/mol. The van der Waals surface area contributed by atoms with Gasteiger partial charge in [-0.05, 0) is 29.0 Å². The van der Waals surface area contributed by atoms with Crippen molar-refractivity contribution in [1.82, 2.24) is 0 Å². The Hall–Kier alpha value is -1.23. The van der Waals surface area contributed by atoms with Gasteiger partial charge < -0.3 is 0 Å². The number of ketones is 1. The Morgan fingerprint density at radius 3 is 2.56 bits per heavy atom. The molecule has 1 aromatic carbocycles. The van der Waals surface area contributed by atoms with E-state index in [4.69, 9.17) is 0 Å². The van der Waals surface area contributed by atoms with Crippen molar-refractivity contribution in [3.8, 4) is 0 Å². The topological polar surface area (TPSA) is 17.1 Å². The molecule has 0 bridgehead atoms. The fourth-order valence-electron chi connectivity index (χ4n) is 1.53. The van der Waals surface area contributed by atoms with Crippen LogP contribution in [0, 0.1) is 0 Å². The highest BCUT2D eigenvalue weighted by Crippen LogP contribution is 2.39. The lowest BCUT2D eigenvalue weighted by atomic mass is 9.97. The number of carbonyl (C=O) groups excluding carboxylic acids is 1. The van der Waals surface area contributed by atoms with E-state index in [1.54, 1.807) is 24.3 Å². The maximum absolute atomic E-state index is 12.2. The molecule has 0 N–H and O–H groups in total. The summed E-state index contributed by atoms with van der Waals surface area (Å²) in [5, 5.41) is 0. The number of thioether (sulfide) groups is 1. The highest BCUT2D eigenvalue weighted by molar-refractivity contribution is 8.04. The van der Waals surface area contributed by atoms with E-state index < -0.39 is 11.3 Å². The van der Waals surface area contributed by atoms with Crippen molar-refractivity contribution in [1.29, 1.82) is 0 Å². The van der Waals surface area contributed by atoms with Gasteiger partial charge in [-0.15, -0.1) is 0 Å². The van der Waals surface area contributed by atoms with E-state index in [0.29, 0.717) is 5.56 Å². The summed E-state index contributed by atoms with van der Waals surface area (Å²) < 4.78 is 36.5. The van der Waals surface area contributed by atoms with Gasteiger partial charge in [0.05, 0.1) is 4.91 Å². The third-order valence-corrected chi connectivity index (χ3v) is 2.99. The molecule has 0 aromatic heterocycles. The first-order valence-electron chi connectivity index (χ1n) is 4.54. The Labute approximate surface area is 94.3 Å². The highest BCUT2D eigenvalue weighted by atomic mass is 32.2. The molecule has 0 fully saturated rings. The van der Waals surface area contributed by atoms with E-state index in [9.17, 15) is 18.0 Å². The van der Waals surface area contributed by atoms with E-state index in [-0.39, 0.29) is 23.1 Å². The van der Waals surface area contributed by atoms with Crippen LogP contribution in [0.3, 0.4) is 0 Å². The first-order valence-corrected chi connectivity index (χ1v) is 5.36. The number of halogens is 3. The Bertz CT molecular complexity index is 463. The summed E-state index contributed by atoms with van der Waals surface area (Å²) in [6, 6.07) is 6.96. The van der Waals surface area contributed by atoms with Gasteiger partial charge in [-0.25, -0.2) is 0 Å². The van der Waals surface area contributed by atoms with Crippen molar-refractivity contribution < 1.29 is 18.0 Å². The minimum absolute atomic E-state index is 0.0467. The smallest absolute Gasteiger partial charge is 0.293 e. The second kappa shape index (κ2) is 3.97. The Kier molecular flexibility index (Phi) is 2.80. The predicted octanol–water partition coefficient (Wildman–Crippen LogP) is 3.41. The lowest BCUT2D eigenvalue weighted by Crippen LogP contribution is -2.13. The van der Waals surface area contributed by atoms with Crippen LogP contribution in [0.25, 0.3) is 6.08 Å². The first kappa shape index (κ1) is 11.3. The van der Waals surface area contributed by atoms with E-state index in [2.05, 4.69) is 0 Å². The van der Waals surface area contributed by atoms with E-state index >= 15 is 0 Å². The lowest BCUT2D eigenvalue weighted by Gasteiger charge is -2.15. The normalized spacial score (nSPS) is 15.7. The molecule has 1 aromatic rings. The van der Waals surface area contributed by atoms with Crippen molar-refractivity contribution in [2.24, 2.45) is 0 Å². The van der Waals surface area contributed by atoms with Crippen LogP contribution >= 0.6 is 11.8 Å². The molecule has 0 radical (unpaired) electrons. The number of alkyl halides is 3. The molecule has 2 rings (SSSR count). The molecule has 0 aliphatic heterocycles. The van der Waals surface area contributed by atoms with Gasteiger partial charge in [0, 0.05) is 6.42 Å². The molecule has 1 aliphatic rings. The first-order chi connectivity index (χ1) is 7.46. The maximum atomic E-state index is 12.2. The molecular formula is C11H7F3OS. The third kappa shape index (κ3) is 2.47. The number of fused-ring (bicyclic) bond motifs is 1. The van der Waals surface area contributed by atoms with Gasteiger partial charge in [0.15, 0.2) is 5.78 Å². The Balaban J connectivity index is 2.34. The number of rotatable bonds is 1. The van der Waals surface area contributed by atoms with Crippen LogP contribution in [-0.2, 0) is 11.2 Å². The molecule has 5 heteroatoms. The standard InChI is InChI=1S/C11H7F3OS/c12-11(13,14)16-10-6-8-4-2-1-3-7(8)5-9(10)15/h1-4,6H,5H2. The number of carbonyl (C=O) groups is 1. The summed E-state index contributed by atoms with van der Waals surface area (Å²) in [7, 11) is 0. The molecule has 84 valence electrons. The van der Waals surface area contributed by atoms with E-state index in [0.717, 1.165) is 5.56 Å². The number of benzene rings is 1. The summed E-state index contributed by atoms with van der Waals surface area (Å²) >= 11 is -0.339. The summed E-state index contributed by atoms with van der Waals surface area (Å²) in [5.41, 5.74) is -2.94. The average Bonchev–Trinajstić information content (AvgIpc) is 2.17. The fourth-order valence-corrected chi connectivity index (χ4v) is 2.15. The Morgan fingerprint density at radius 1 is 1.19 bits per heavy atom. The number of allylic oxidation sites excluding steroid dienone is 1. The number of hydrogen-bond acceptors (Lipinski definition) is 2. The molecule has 16 heavy (non-hydrogen) atoms. The van der Waals surface area contributed by atoms with Crippen LogP contribution in [0.15, 0.2) is 29.2 Å². The molecule has 0 heterocycles. The van der Waals surface area contributed by atoms with Gasteiger partial charge >= 0.3 is 5.51 Å². The molecule has 0 spiro atoms. The minimum atomic E-state index is -4.41. The monoisotopic (exact) mass is 244 g/mol. The maximum Gasteiger partial charge on any atom is 0.446 e. The zero-order valence-electron chi connectivity index (χ0n) is 8.04. The van der Waals surface area contributed by atoms with Crippen molar-refractivity contribution >= 4 is 23.6 Å². The quantitative estimate of drug-likeness (QED) is 0.753. The van der Waals surface area contributed by atoms with Gasteiger partial charge in [-0.3, -0.25) is 4.79 Å². The van der Waals surface area contributed by atoms with Crippen LogP contribution in [0.5, 0.6) is 0 Å². The van der Waals surface area contributed by atoms with Gasteiger partial charge in [0.2, 0.25) is 0 Å². The van der Waals surface area contributed by atoms with Crippen LogP contribution in [0.1, 0.15) is 11.1 Å². The SMILES string of the molecule is O=C1Cc2ccccc2C=C1SC(F)(F)F. The lowest BCUT2D eigenvalue weighted by molar-refractivity contribution is -0.114. The molecule has 0 saturated carbocycles. The zero-order valence-corrected chi connectivity index (χ0v) is 8.86. The van der Waals surface area contributed by atoms with Crippen LogP contribution < -0.4 is 0 Å². The molecule has 1 aliphatic carbocycles.